The average molecular weight is 335 g/mol. The number of piperidine rings is 1. The Morgan fingerprint density at radius 2 is 1.83 bits per heavy atom. The van der Waals surface area contributed by atoms with Gasteiger partial charge in [0.1, 0.15) is 25.0 Å². The molecule has 1 aromatic carbocycles. The van der Waals surface area contributed by atoms with Gasteiger partial charge in [0.2, 0.25) is 0 Å². The Morgan fingerprint density at radius 3 is 2.38 bits per heavy atom. The number of ether oxygens (including phenoxy) is 1. The summed E-state index contributed by atoms with van der Waals surface area (Å²) >= 11 is 0. The van der Waals surface area contributed by atoms with Crippen LogP contribution >= 0.6 is 0 Å². The smallest absolute Gasteiger partial charge is 0.137 e. The van der Waals surface area contributed by atoms with Crippen LogP contribution in [0.15, 0.2) is 18.2 Å². The van der Waals surface area contributed by atoms with Gasteiger partial charge in [0.15, 0.2) is 0 Å². The summed E-state index contributed by atoms with van der Waals surface area (Å²) in [4.78, 5) is 0. The van der Waals surface area contributed by atoms with E-state index in [1.165, 1.54) is 30.4 Å². The molecule has 1 aliphatic rings. The van der Waals surface area contributed by atoms with Crippen molar-refractivity contribution in [3.8, 4) is 5.75 Å². The second kappa shape index (κ2) is 7.88. The fraction of sp³-hybridized carbons (Fsp3) is 0.714. The highest BCUT2D eigenvalue weighted by Gasteiger charge is 2.39. The van der Waals surface area contributed by atoms with E-state index in [1.807, 2.05) is 6.07 Å². The zero-order valence-corrected chi connectivity index (χ0v) is 16.4. The van der Waals surface area contributed by atoms with Gasteiger partial charge in [0, 0.05) is 0 Å². The number of hydrogen-bond acceptors (Lipinski definition) is 2. The van der Waals surface area contributed by atoms with Gasteiger partial charge in [-0.05, 0) is 69.2 Å². The van der Waals surface area contributed by atoms with E-state index in [0.717, 1.165) is 16.8 Å². The van der Waals surface area contributed by atoms with Crippen molar-refractivity contribution in [1.29, 1.82) is 0 Å². The molecule has 3 atom stereocenters. The lowest BCUT2D eigenvalue weighted by atomic mass is 9.93. The molecule has 0 aromatic heterocycles. The second-order valence-electron chi connectivity index (χ2n) is 8.30. The zero-order valence-electron chi connectivity index (χ0n) is 16.4. The number of aryl methyl sites for hydroxylation is 1. The molecule has 3 heteroatoms. The highest BCUT2D eigenvalue weighted by molar-refractivity contribution is 5.36. The molecule has 1 aliphatic heterocycles. The van der Waals surface area contributed by atoms with E-state index in [1.54, 1.807) is 0 Å². The Bertz CT molecular complexity index is 531. The van der Waals surface area contributed by atoms with Crippen LogP contribution in [0, 0.1) is 6.92 Å². The van der Waals surface area contributed by atoms with Crippen molar-refractivity contribution in [1.82, 2.24) is 0 Å². The summed E-state index contributed by atoms with van der Waals surface area (Å²) in [7, 11) is 2.29. The Morgan fingerprint density at radius 1 is 1.21 bits per heavy atom. The second-order valence-corrected chi connectivity index (χ2v) is 8.30. The summed E-state index contributed by atoms with van der Waals surface area (Å²) < 4.78 is 6.83. The van der Waals surface area contributed by atoms with Crippen LogP contribution in [0.2, 0.25) is 0 Å². The van der Waals surface area contributed by atoms with E-state index in [-0.39, 0.29) is 0 Å². The monoisotopic (exact) mass is 334 g/mol. The van der Waals surface area contributed by atoms with Gasteiger partial charge >= 0.3 is 0 Å². The number of likely N-dealkylation sites (N-methyl/N-ethyl adjacent to an activating group) is 1. The van der Waals surface area contributed by atoms with E-state index in [2.05, 4.69) is 53.8 Å². The molecule has 1 N–H and O–H groups in total. The number of nitrogens with zero attached hydrogens (tertiary/aromatic N) is 1. The molecular weight excluding hydrogens is 298 g/mol. The largest absolute Gasteiger partial charge is 0.491 e. The van der Waals surface area contributed by atoms with Gasteiger partial charge in [0.05, 0.1) is 19.1 Å². The average Bonchev–Trinajstić information content (AvgIpc) is 2.50. The zero-order chi connectivity index (χ0) is 17.9. The number of benzene rings is 1. The van der Waals surface area contributed by atoms with Gasteiger partial charge in [-0.3, -0.25) is 0 Å². The Balaban J connectivity index is 1.93. The number of hydrogen-bond donors (Lipinski definition) is 1. The number of aliphatic hydroxyl groups is 1. The first-order valence-corrected chi connectivity index (χ1v) is 9.50. The molecule has 136 valence electrons. The highest BCUT2D eigenvalue weighted by Crippen LogP contribution is 2.30. The van der Waals surface area contributed by atoms with Crippen LogP contribution in [-0.4, -0.2) is 48.0 Å². The van der Waals surface area contributed by atoms with Crippen molar-refractivity contribution in [2.24, 2.45) is 0 Å². The van der Waals surface area contributed by atoms with Crippen molar-refractivity contribution in [3.63, 3.8) is 0 Å². The molecule has 3 unspecified atom stereocenters. The Labute approximate surface area is 148 Å². The summed E-state index contributed by atoms with van der Waals surface area (Å²) in [5, 5.41) is 10.5. The molecule has 1 heterocycles. The molecule has 1 fully saturated rings. The van der Waals surface area contributed by atoms with Crippen LogP contribution < -0.4 is 4.74 Å². The minimum atomic E-state index is -0.428. The van der Waals surface area contributed by atoms with Crippen molar-refractivity contribution < 1.29 is 14.3 Å². The predicted molar refractivity (Wildman–Crippen MR) is 101 cm³/mol. The minimum absolute atomic E-state index is 0.369. The lowest BCUT2D eigenvalue weighted by Crippen LogP contribution is -2.62. The van der Waals surface area contributed by atoms with Gasteiger partial charge in [-0.2, -0.15) is 0 Å². The quantitative estimate of drug-likeness (QED) is 0.788. The summed E-state index contributed by atoms with van der Waals surface area (Å²) in [5.41, 5.74) is 2.62. The van der Waals surface area contributed by atoms with Crippen LogP contribution in [-0.2, 0) is 0 Å². The standard InChI is InChI=1S/C21H36NO2/c1-15(2)21-11-10-20(12-16(21)3)24-14-19(23)13-22(6)17(4)8-7-9-18(22)5/h10-12,15,17-19,23H,7-9,13-14H2,1-6H3/q+1. The van der Waals surface area contributed by atoms with Crippen molar-refractivity contribution in [2.45, 2.75) is 78.0 Å². The first-order chi connectivity index (χ1) is 11.2. The minimum Gasteiger partial charge on any atom is -0.491 e. The van der Waals surface area contributed by atoms with Gasteiger partial charge in [-0.25, -0.2) is 0 Å². The van der Waals surface area contributed by atoms with Crippen molar-refractivity contribution in [2.75, 3.05) is 20.2 Å². The number of aliphatic hydroxyl groups excluding tert-OH is 1. The van der Waals surface area contributed by atoms with Crippen LogP contribution in [0.25, 0.3) is 0 Å². The molecule has 0 amide bonds. The number of quaternary nitrogens is 1. The summed E-state index contributed by atoms with van der Waals surface area (Å²) in [5.74, 6) is 1.38. The fourth-order valence-electron chi connectivity index (χ4n) is 4.18. The molecule has 0 aliphatic carbocycles. The third-order valence-corrected chi connectivity index (χ3v) is 6.17. The SMILES string of the molecule is Cc1cc(OCC(O)C[N+]2(C)C(C)CCCC2C)ccc1C(C)C. The van der Waals surface area contributed by atoms with Crippen molar-refractivity contribution >= 4 is 0 Å². The van der Waals surface area contributed by atoms with Gasteiger partial charge in [-0.1, -0.05) is 19.9 Å². The Hall–Kier alpha value is -1.06. The molecule has 0 saturated carbocycles. The summed E-state index contributed by atoms with van der Waals surface area (Å²) in [6.07, 6.45) is 3.39. The fourth-order valence-corrected chi connectivity index (χ4v) is 4.18. The summed E-state index contributed by atoms with van der Waals surface area (Å²) in [6.45, 7) is 12.3. The third kappa shape index (κ3) is 4.31. The van der Waals surface area contributed by atoms with E-state index in [4.69, 9.17) is 4.74 Å². The molecule has 3 nitrogen and oxygen atoms in total. The molecule has 0 spiro atoms. The van der Waals surface area contributed by atoms with E-state index < -0.39 is 6.10 Å². The van der Waals surface area contributed by atoms with Crippen LogP contribution in [0.3, 0.4) is 0 Å². The van der Waals surface area contributed by atoms with Gasteiger partial charge in [0.25, 0.3) is 0 Å². The molecule has 1 aromatic rings. The first-order valence-electron chi connectivity index (χ1n) is 9.50. The molecule has 0 radical (unpaired) electrons. The highest BCUT2D eigenvalue weighted by atomic mass is 16.5. The van der Waals surface area contributed by atoms with Gasteiger partial charge < -0.3 is 14.3 Å². The van der Waals surface area contributed by atoms with E-state index in [0.29, 0.717) is 24.6 Å². The lowest BCUT2D eigenvalue weighted by Gasteiger charge is -2.49. The molecule has 24 heavy (non-hydrogen) atoms. The van der Waals surface area contributed by atoms with Crippen LogP contribution in [0.5, 0.6) is 5.75 Å². The van der Waals surface area contributed by atoms with E-state index >= 15 is 0 Å². The third-order valence-electron chi connectivity index (χ3n) is 6.17. The lowest BCUT2D eigenvalue weighted by molar-refractivity contribution is -0.960. The molecule has 0 bridgehead atoms. The maximum atomic E-state index is 10.5. The van der Waals surface area contributed by atoms with Crippen molar-refractivity contribution in [3.05, 3.63) is 29.3 Å². The van der Waals surface area contributed by atoms with Crippen LogP contribution in [0.4, 0.5) is 0 Å². The van der Waals surface area contributed by atoms with Gasteiger partial charge in [-0.15, -0.1) is 0 Å². The van der Waals surface area contributed by atoms with Crippen LogP contribution in [0.1, 0.15) is 64.0 Å². The molecular formula is C21H36NO2+. The molecule has 2 rings (SSSR count). The topological polar surface area (TPSA) is 29.5 Å². The summed E-state index contributed by atoms with van der Waals surface area (Å²) in [6, 6.07) is 7.47. The van der Waals surface area contributed by atoms with E-state index in [9.17, 15) is 5.11 Å². The Kier molecular flexibility index (Phi) is 6.33. The normalized spacial score (nSPS) is 28.8. The predicted octanol–water partition coefficient (Wildman–Crippen LogP) is 4.27. The number of likely N-dealkylation sites (tertiary alicyclic amines) is 1. The maximum Gasteiger partial charge on any atom is 0.137 e. The first kappa shape index (κ1) is 19.3. The molecule has 1 saturated heterocycles. The maximum absolute atomic E-state index is 10.5. The number of rotatable bonds is 6.